The Morgan fingerprint density at radius 1 is 1.31 bits per heavy atom. The van der Waals surface area contributed by atoms with Gasteiger partial charge in [0.2, 0.25) is 0 Å². The van der Waals surface area contributed by atoms with Gasteiger partial charge in [-0.15, -0.1) is 5.73 Å². The van der Waals surface area contributed by atoms with Gasteiger partial charge in [-0.05, 0) is 20.3 Å². The summed E-state index contributed by atoms with van der Waals surface area (Å²) in [4.78, 5) is 26.8. The largest absolute Gasteiger partial charge is 0.300 e. The van der Waals surface area contributed by atoms with Crippen molar-refractivity contribution in [1.29, 1.82) is 0 Å². The van der Waals surface area contributed by atoms with Crippen molar-refractivity contribution in [3.63, 3.8) is 0 Å². The number of ketones is 2. The lowest BCUT2D eigenvalue weighted by atomic mass is 10.2. The third kappa shape index (κ3) is 6.76. The maximum absolute atomic E-state index is 11.2. The average molecular weight is 223 g/mol. The fraction of sp³-hybridized carbons (Fsp3) is 0.417. The first-order chi connectivity index (χ1) is 7.47. The third-order valence-corrected chi connectivity index (χ3v) is 1.88. The Morgan fingerprint density at radius 3 is 2.44 bits per heavy atom. The van der Waals surface area contributed by atoms with Crippen molar-refractivity contribution in [3.8, 4) is 0 Å². The summed E-state index contributed by atoms with van der Waals surface area (Å²) in [5, 5.41) is 0. The van der Waals surface area contributed by atoms with Gasteiger partial charge in [-0.25, -0.2) is 0 Å². The summed E-state index contributed by atoms with van der Waals surface area (Å²) in [6.07, 6.45) is 0.911. The molecule has 0 saturated carbocycles. The van der Waals surface area contributed by atoms with Gasteiger partial charge in [0, 0.05) is 17.7 Å². The highest BCUT2D eigenvalue weighted by Crippen LogP contribution is 1.99. The number of nitrogens with one attached hydrogen (secondary N) is 1. The van der Waals surface area contributed by atoms with E-state index in [-0.39, 0.29) is 18.2 Å². The second kappa shape index (κ2) is 7.63. The predicted molar refractivity (Wildman–Crippen MR) is 61.5 cm³/mol. The lowest BCUT2D eigenvalue weighted by Crippen LogP contribution is -2.19. The maximum atomic E-state index is 11.2. The summed E-state index contributed by atoms with van der Waals surface area (Å²) in [6, 6.07) is 0. The molecule has 0 aromatic heterocycles. The molecular weight excluding hydrogens is 206 g/mol. The molecule has 0 heterocycles. The second-order valence-electron chi connectivity index (χ2n) is 3.42. The fourth-order valence-electron chi connectivity index (χ4n) is 0.788. The van der Waals surface area contributed by atoms with Gasteiger partial charge in [0.1, 0.15) is 12.4 Å². The summed E-state index contributed by atoms with van der Waals surface area (Å²) in [5.74, 6) is -0.105. The van der Waals surface area contributed by atoms with Crippen molar-refractivity contribution in [2.45, 2.75) is 26.7 Å². The van der Waals surface area contributed by atoms with Crippen molar-refractivity contribution in [1.82, 2.24) is 5.48 Å². The van der Waals surface area contributed by atoms with Gasteiger partial charge in [-0.2, -0.15) is 0 Å². The number of allylic oxidation sites excluding steroid dienone is 1. The topological polar surface area (TPSA) is 55.4 Å². The van der Waals surface area contributed by atoms with Crippen LogP contribution in [0.25, 0.3) is 0 Å². The molecule has 0 radical (unpaired) electrons. The first-order valence-electron chi connectivity index (χ1n) is 4.92. The quantitative estimate of drug-likeness (QED) is 0.386. The second-order valence-corrected chi connectivity index (χ2v) is 3.42. The number of hydrogen-bond donors (Lipinski definition) is 1. The smallest absolute Gasteiger partial charge is 0.194 e. The minimum Gasteiger partial charge on any atom is -0.300 e. The summed E-state index contributed by atoms with van der Waals surface area (Å²) in [5.41, 5.74) is 6.00. The van der Waals surface area contributed by atoms with Crippen LogP contribution in [-0.4, -0.2) is 18.2 Å². The van der Waals surface area contributed by atoms with Crippen molar-refractivity contribution in [3.05, 3.63) is 30.2 Å². The Kier molecular flexibility index (Phi) is 6.84. The molecule has 16 heavy (non-hydrogen) atoms. The first-order valence-corrected chi connectivity index (χ1v) is 4.92. The van der Waals surface area contributed by atoms with Crippen LogP contribution in [-0.2, 0) is 14.4 Å². The van der Waals surface area contributed by atoms with Gasteiger partial charge >= 0.3 is 0 Å². The van der Waals surface area contributed by atoms with Crippen molar-refractivity contribution in [2.24, 2.45) is 0 Å². The number of rotatable bonds is 8. The molecule has 0 rings (SSSR count). The van der Waals surface area contributed by atoms with Crippen LogP contribution in [0.1, 0.15) is 26.7 Å². The van der Waals surface area contributed by atoms with E-state index in [4.69, 9.17) is 4.84 Å². The van der Waals surface area contributed by atoms with E-state index in [1.54, 1.807) is 6.92 Å². The van der Waals surface area contributed by atoms with Crippen LogP contribution in [0.2, 0.25) is 0 Å². The molecule has 0 atom stereocenters. The van der Waals surface area contributed by atoms with E-state index in [0.717, 1.165) is 0 Å². The van der Waals surface area contributed by atoms with Crippen LogP contribution in [0, 0.1) is 0 Å². The van der Waals surface area contributed by atoms with Gasteiger partial charge < -0.3 is 4.79 Å². The summed E-state index contributed by atoms with van der Waals surface area (Å²) in [7, 11) is 0. The first kappa shape index (κ1) is 14.4. The summed E-state index contributed by atoms with van der Waals surface area (Å²) < 4.78 is 0. The number of carbonyl (C=O) groups excluding carboxylic acids is 2. The Labute approximate surface area is 95.6 Å². The van der Waals surface area contributed by atoms with Gasteiger partial charge in [-0.3, -0.25) is 15.1 Å². The molecule has 0 fully saturated rings. The zero-order valence-electron chi connectivity index (χ0n) is 9.76. The standard InChI is InChI=1S/C12H17NO3/c1-5-9(2)12(15)8-16-13-10(3)6-7-11(4)14/h13H,1,3,6-8H2,2,4H3. The predicted octanol–water partition coefficient (Wildman–Crippen LogP) is 1.69. The minimum absolute atomic E-state index is 0.0875. The minimum atomic E-state index is -0.193. The monoisotopic (exact) mass is 223 g/mol. The molecule has 0 unspecified atom stereocenters. The molecule has 0 spiro atoms. The highest BCUT2D eigenvalue weighted by Gasteiger charge is 2.04. The fourth-order valence-corrected chi connectivity index (χ4v) is 0.788. The van der Waals surface area contributed by atoms with Crippen LogP contribution in [0.4, 0.5) is 0 Å². The average Bonchev–Trinajstić information content (AvgIpc) is 2.24. The zero-order valence-corrected chi connectivity index (χ0v) is 9.76. The van der Waals surface area contributed by atoms with Crippen molar-refractivity contribution < 1.29 is 14.4 Å². The molecule has 1 N–H and O–H groups in total. The van der Waals surface area contributed by atoms with Crippen LogP contribution in [0.15, 0.2) is 30.2 Å². The number of hydroxylamine groups is 1. The molecule has 88 valence electrons. The SMILES string of the molecule is C=C=C(C)C(=O)CONC(=C)CCC(C)=O. The van der Waals surface area contributed by atoms with Crippen molar-refractivity contribution in [2.75, 3.05) is 6.61 Å². The highest BCUT2D eigenvalue weighted by atomic mass is 16.6. The number of carbonyl (C=O) groups is 2. The van der Waals surface area contributed by atoms with Crippen molar-refractivity contribution >= 4 is 11.6 Å². The molecular formula is C12H17NO3. The Morgan fingerprint density at radius 2 is 1.94 bits per heavy atom. The molecule has 0 aliphatic carbocycles. The molecule has 0 aliphatic rings. The Balaban J connectivity index is 3.74. The molecule has 0 bridgehead atoms. The van der Waals surface area contributed by atoms with E-state index in [2.05, 4.69) is 24.4 Å². The number of hydrogen-bond acceptors (Lipinski definition) is 4. The Bertz CT molecular complexity index is 338. The van der Waals surface area contributed by atoms with E-state index in [9.17, 15) is 9.59 Å². The van der Waals surface area contributed by atoms with Gasteiger partial charge in [0.25, 0.3) is 0 Å². The van der Waals surface area contributed by atoms with Crippen LogP contribution in [0.5, 0.6) is 0 Å². The molecule has 0 saturated heterocycles. The molecule has 0 aromatic carbocycles. The highest BCUT2D eigenvalue weighted by molar-refractivity contribution is 5.95. The summed E-state index contributed by atoms with van der Waals surface area (Å²) in [6.45, 7) is 10.0. The van der Waals surface area contributed by atoms with Gasteiger partial charge in [0.05, 0.1) is 0 Å². The normalized spacial score (nSPS) is 9.12. The van der Waals surface area contributed by atoms with Crippen LogP contribution in [0.3, 0.4) is 0 Å². The molecule has 0 amide bonds. The van der Waals surface area contributed by atoms with E-state index >= 15 is 0 Å². The third-order valence-electron chi connectivity index (χ3n) is 1.88. The van der Waals surface area contributed by atoms with Gasteiger partial charge in [-0.1, -0.05) is 13.2 Å². The molecule has 4 nitrogen and oxygen atoms in total. The Hall–Kier alpha value is -1.64. The molecule has 0 aromatic rings. The van der Waals surface area contributed by atoms with E-state index in [1.807, 2.05) is 0 Å². The molecule has 0 aliphatic heterocycles. The van der Waals surface area contributed by atoms with Gasteiger partial charge in [0.15, 0.2) is 5.78 Å². The maximum Gasteiger partial charge on any atom is 0.194 e. The number of Topliss-reactive ketones (excluding diaryl/α,β-unsaturated/α-hetero) is 2. The van der Waals surface area contributed by atoms with E-state index in [1.165, 1.54) is 6.92 Å². The van der Waals surface area contributed by atoms with Crippen LogP contribution >= 0.6 is 0 Å². The van der Waals surface area contributed by atoms with E-state index in [0.29, 0.717) is 24.1 Å². The van der Waals surface area contributed by atoms with E-state index < -0.39 is 0 Å². The van der Waals surface area contributed by atoms with Crippen LogP contribution < -0.4 is 5.48 Å². The zero-order chi connectivity index (χ0) is 12.6. The lowest BCUT2D eigenvalue weighted by molar-refractivity contribution is -0.122. The summed E-state index contributed by atoms with van der Waals surface area (Å²) >= 11 is 0. The lowest BCUT2D eigenvalue weighted by Gasteiger charge is -2.08. The molecule has 4 heteroatoms.